The van der Waals surface area contributed by atoms with E-state index in [1.807, 2.05) is 11.8 Å². The zero-order chi connectivity index (χ0) is 26.0. The quantitative estimate of drug-likeness (QED) is 0.626. The molecule has 2 saturated carbocycles. The SMILES string of the molecule is COC[C@H]1CCCN1C(=O)[C@@H](C)[C@@H]1CC[C@@]2(C)CC[C@H](NC(=O)c3ccc(C#N)cc3)[C@@H](C)[C@@H]2[C@H]1O. The minimum absolute atomic E-state index is 0.00000240. The van der Waals surface area contributed by atoms with Crippen molar-refractivity contribution in [2.24, 2.45) is 29.1 Å². The third-order valence-electron chi connectivity index (χ3n) is 9.53. The van der Waals surface area contributed by atoms with Gasteiger partial charge in [-0.1, -0.05) is 20.8 Å². The van der Waals surface area contributed by atoms with Crippen LogP contribution in [0.4, 0.5) is 0 Å². The normalized spacial score (nSPS) is 34.9. The highest BCUT2D eigenvalue weighted by Gasteiger charge is 2.54. The van der Waals surface area contributed by atoms with Gasteiger partial charge in [0, 0.05) is 31.2 Å². The number of nitrogens with one attached hydrogen (secondary N) is 1. The monoisotopic (exact) mass is 495 g/mol. The molecule has 7 nitrogen and oxygen atoms in total. The number of aliphatic hydroxyl groups excluding tert-OH is 1. The molecule has 36 heavy (non-hydrogen) atoms. The molecular formula is C29H41N3O4. The summed E-state index contributed by atoms with van der Waals surface area (Å²) in [4.78, 5) is 28.4. The number of carbonyl (C=O) groups excluding carboxylic acids is 2. The highest BCUT2D eigenvalue weighted by atomic mass is 16.5. The number of ether oxygens (including phenoxy) is 1. The third-order valence-corrected chi connectivity index (χ3v) is 9.53. The zero-order valence-electron chi connectivity index (χ0n) is 22.1. The van der Waals surface area contributed by atoms with E-state index in [9.17, 15) is 14.7 Å². The van der Waals surface area contributed by atoms with Crippen molar-refractivity contribution in [1.82, 2.24) is 10.2 Å². The Morgan fingerprint density at radius 2 is 1.94 bits per heavy atom. The van der Waals surface area contributed by atoms with Gasteiger partial charge >= 0.3 is 0 Å². The predicted octanol–water partition coefficient (Wildman–Crippen LogP) is 3.75. The van der Waals surface area contributed by atoms with Gasteiger partial charge < -0.3 is 20.1 Å². The Bertz CT molecular complexity index is 989. The summed E-state index contributed by atoms with van der Waals surface area (Å²) in [5.74, 6) is -0.253. The van der Waals surface area contributed by atoms with E-state index in [2.05, 4.69) is 25.2 Å². The lowest BCUT2D eigenvalue weighted by Crippen LogP contribution is -2.58. The van der Waals surface area contributed by atoms with Gasteiger partial charge in [0.15, 0.2) is 0 Å². The van der Waals surface area contributed by atoms with Gasteiger partial charge in [-0.05, 0) is 86.0 Å². The zero-order valence-corrected chi connectivity index (χ0v) is 22.1. The number of rotatable bonds is 6. The maximum atomic E-state index is 13.5. The number of carbonyl (C=O) groups is 2. The number of aliphatic hydroxyl groups is 1. The molecule has 1 aliphatic heterocycles. The van der Waals surface area contributed by atoms with Crippen LogP contribution in [0.15, 0.2) is 24.3 Å². The topological polar surface area (TPSA) is 103 Å². The molecule has 0 spiro atoms. The fraction of sp³-hybridized carbons (Fsp3) is 0.690. The molecule has 1 saturated heterocycles. The average Bonchev–Trinajstić information content (AvgIpc) is 3.33. The fourth-order valence-electron chi connectivity index (χ4n) is 7.38. The van der Waals surface area contributed by atoms with E-state index in [1.54, 1.807) is 31.4 Å². The maximum absolute atomic E-state index is 13.5. The molecule has 4 rings (SSSR count). The summed E-state index contributed by atoms with van der Waals surface area (Å²) < 4.78 is 5.35. The van der Waals surface area contributed by atoms with E-state index in [0.717, 1.165) is 45.1 Å². The van der Waals surface area contributed by atoms with Gasteiger partial charge in [-0.2, -0.15) is 5.26 Å². The largest absolute Gasteiger partial charge is 0.392 e. The Kier molecular flexibility index (Phi) is 8.06. The molecule has 0 radical (unpaired) electrons. The molecular weight excluding hydrogens is 454 g/mol. The summed E-state index contributed by atoms with van der Waals surface area (Å²) in [6.45, 7) is 7.72. The van der Waals surface area contributed by atoms with E-state index >= 15 is 0 Å². The average molecular weight is 496 g/mol. The van der Waals surface area contributed by atoms with Crippen molar-refractivity contribution in [3.8, 4) is 6.07 Å². The molecule has 3 fully saturated rings. The third kappa shape index (κ3) is 5.03. The molecule has 8 atom stereocenters. The van der Waals surface area contributed by atoms with Crippen molar-refractivity contribution in [3.63, 3.8) is 0 Å². The van der Waals surface area contributed by atoms with Crippen LogP contribution in [0.2, 0.25) is 0 Å². The number of nitrogens with zero attached hydrogens (tertiary/aromatic N) is 2. The molecule has 196 valence electrons. The van der Waals surface area contributed by atoms with Crippen LogP contribution in [0.5, 0.6) is 0 Å². The Balaban J connectivity index is 1.46. The first-order valence-electron chi connectivity index (χ1n) is 13.5. The van der Waals surface area contributed by atoms with Gasteiger partial charge in [-0.25, -0.2) is 0 Å². The number of nitriles is 1. The number of amides is 2. The molecule has 3 aliphatic rings. The van der Waals surface area contributed by atoms with Crippen LogP contribution < -0.4 is 5.32 Å². The minimum Gasteiger partial charge on any atom is -0.392 e. The number of hydrogen-bond acceptors (Lipinski definition) is 5. The Hall–Kier alpha value is -2.43. The molecule has 0 aromatic heterocycles. The number of hydrogen-bond donors (Lipinski definition) is 2. The van der Waals surface area contributed by atoms with Crippen LogP contribution in [-0.2, 0) is 9.53 Å². The van der Waals surface area contributed by atoms with Crippen molar-refractivity contribution in [1.29, 1.82) is 5.26 Å². The van der Waals surface area contributed by atoms with Gasteiger partial charge in [0.25, 0.3) is 5.91 Å². The van der Waals surface area contributed by atoms with Crippen LogP contribution in [-0.4, -0.2) is 60.3 Å². The van der Waals surface area contributed by atoms with Gasteiger partial charge in [0.2, 0.25) is 5.91 Å². The molecule has 2 amide bonds. The van der Waals surface area contributed by atoms with Crippen molar-refractivity contribution in [2.45, 2.75) is 77.5 Å². The van der Waals surface area contributed by atoms with E-state index < -0.39 is 6.10 Å². The number of methoxy groups -OCH3 is 1. The summed E-state index contributed by atoms with van der Waals surface area (Å²) in [5, 5.41) is 23.9. The molecule has 1 aromatic carbocycles. The van der Waals surface area contributed by atoms with Gasteiger partial charge in [-0.3, -0.25) is 9.59 Å². The predicted molar refractivity (Wildman–Crippen MR) is 137 cm³/mol. The first-order chi connectivity index (χ1) is 17.2. The lowest BCUT2D eigenvalue weighted by Gasteiger charge is -2.56. The molecule has 0 unspecified atom stereocenters. The molecule has 2 N–H and O–H groups in total. The van der Waals surface area contributed by atoms with Crippen molar-refractivity contribution >= 4 is 11.8 Å². The van der Waals surface area contributed by atoms with Crippen molar-refractivity contribution in [3.05, 3.63) is 35.4 Å². The number of likely N-dealkylation sites (tertiary alicyclic amines) is 1. The Morgan fingerprint density at radius 1 is 1.25 bits per heavy atom. The van der Waals surface area contributed by atoms with Crippen LogP contribution in [0, 0.1) is 40.4 Å². The maximum Gasteiger partial charge on any atom is 0.251 e. The van der Waals surface area contributed by atoms with Gasteiger partial charge in [0.05, 0.1) is 30.4 Å². The second-order valence-electron chi connectivity index (χ2n) is 11.6. The second kappa shape index (κ2) is 10.9. The second-order valence-corrected chi connectivity index (χ2v) is 11.6. The Morgan fingerprint density at radius 3 is 2.61 bits per heavy atom. The van der Waals surface area contributed by atoms with E-state index in [-0.39, 0.29) is 53.0 Å². The molecule has 0 bridgehead atoms. The molecule has 7 heteroatoms. The van der Waals surface area contributed by atoms with Crippen molar-refractivity contribution in [2.75, 3.05) is 20.3 Å². The van der Waals surface area contributed by atoms with Crippen LogP contribution in [0.25, 0.3) is 0 Å². The smallest absolute Gasteiger partial charge is 0.251 e. The fourth-order valence-corrected chi connectivity index (χ4v) is 7.38. The molecule has 1 aromatic rings. The molecule has 1 heterocycles. The van der Waals surface area contributed by atoms with E-state index in [1.165, 1.54) is 0 Å². The molecule has 2 aliphatic carbocycles. The summed E-state index contributed by atoms with van der Waals surface area (Å²) in [6, 6.07) is 8.83. The van der Waals surface area contributed by atoms with Gasteiger partial charge in [-0.15, -0.1) is 0 Å². The highest BCUT2D eigenvalue weighted by Crippen LogP contribution is 2.55. The first-order valence-corrected chi connectivity index (χ1v) is 13.5. The lowest BCUT2D eigenvalue weighted by atomic mass is 9.51. The summed E-state index contributed by atoms with van der Waals surface area (Å²) in [7, 11) is 1.68. The summed E-state index contributed by atoms with van der Waals surface area (Å²) in [5.41, 5.74) is 1.06. The van der Waals surface area contributed by atoms with Crippen LogP contribution in [0.1, 0.15) is 75.2 Å². The standard InChI is InChI=1S/C29H41N3O4/c1-18(28(35)32-15-5-6-22(32)17-36-4)23-11-13-29(3)14-12-24(19(2)25(29)26(23)33)31-27(34)21-9-7-20(16-30)8-10-21/h7-10,18-19,22-26,33H,5-6,11-15,17H2,1-4H3,(H,31,34)/t18-,19+,22+,23-,24-,25+,26-,29-/m0/s1. The highest BCUT2D eigenvalue weighted by molar-refractivity contribution is 5.94. The van der Waals surface area contributed by atoms with Crippen LogP contribution in [0.3, 0.4) is 0 Å². The van der Waals surface area contributed by atoms with Crippen LogP contribution >= 0.6 is 0 Å². The van der Waals surface area contributed by atoms with E-state index in [4.69, 9.17) is 10.00 Å². The van der Waals surface area contributed by atoms with Crippen molar-refractivity contribution < 1.29 is 19.4 Å². The summed E-state index contributed by atoms with van der Waals surface area (Å²) in [6.07, 6.45) is 5.02. The number of benzene rings is 1. The van der Waals surface area contributed by atoms with Gasteiger partial charge in [0.1, 0.15) is 0 Å². The minimum atomic E-state index is -0.587. The first kappa shape index (κ1) is 26.6. The number of fused-ring (bicyclic) bond motifs is 1. The Labute approximate surface area is 215 Å². The summed E-state index contributed by atoms with van der Waals surface area (Å²) >= 11 is 0. The van der Waals surface area contributed by atoms with E-state index in [0.29, 0.717) is 17.7 Å². The lowest BCUT2D eigenvalue weighted by molar-refractivity contribution is -0.151.